The Morgan fingerprint density at radius 2 is 2.00 bits per heavy atom. The predicted molar refractivity (Wildman–Crippen MR) is 66.6 cm³/mol. The molecule has 0 atom stereocenters. The summed E-state index contributed by atoms with van der Waals surface area (Å²) >= 11 is 0. The minimum absolute atomic E-state index is 0.187. The van der Waals surface area contributed by atoms with E-state index in [0.29, 0.717) is 18.0 Å². The van der Waals surface area contributed by atoms with Crippen molar-refractivity contribution in [1.82, 2.24) is 4.90 Å². The Balaban J connectivity index is 2.23. The lowest BCUT2D eigenvalue weighted by molar-refractivity contribution is -0.140. The lowest BCUT2D eigenvalue weighted by Crippen LogP contribution is -2.15. The molecular weight excluding hydrogens is 286 g/mol. The van der Waals surface area contributed by atoms with Crippen LogP contribution in [0.3, 0.4) is 0 Å². The Hall–Kier alpha value is -0.400. The number of alkyl halides is 3. The van der Waals surface area contributed by atoms with Gasteiger partial charge in [-0.15, -0.1) is 0 Å². The molecule has 0 amide bonds. The first kappa shape index (κ1) is 14.0. The van der Waals surface area contributed by atoms with E-state index in [4.69, 9.17) is 0 Å². The van der Waals surface area contributed by atoms with Gasteiger partial charge in [0.2, 0.25) is 0 Å². The van der Waals surface area contributed by atoms with Crippen LogP contribution in [0, 0.1) is 5.82 Å². The van der Waals surface area contributed by atoms with Gasteiger partial charge in [-0.1, -0.05) is 27.7 Å². The summed E-state index contributed by atoms with van der Waals surface area (Å²) < 4.78 is 51.5. The van der Waals surface area contributed by atoms with Crippen molar-refractivity contribution in [2.75, 3.05) is 12.1 Å². The number of halogens is 4. The highest BCUT2D eigenvalue weighted by atomic mass is 33.1. The average Bonchev–Trinajstić information content (AvgIpc) is 2.69. The van der Waals surface area contributed by atoms with Crippen molar-refractivity contribution in [1.29, 1.82) is 0 Å². The third kappa shape index (κ3) is 2.78. The molecule has 100 valence electrons. The largest absolute Gasteiger partial charge is 0.419 e. The van der Waals surface area contributed by atoms with Gasteiger partial charge in [-0.3, -0.25) is 4.90 Å². The minimum atomic E-state index is -4.62. The van der Waals surface area contributed by atoms with Gasteiger partial charge in [-0.2, -0.15) is 13.2 Å². The fourth-order valence-corrected chi connectivity index (χ4v) is 3.14. The molecule has 0 saturated heterocycles. The van der Waals surface area contributed by atoms with Gasteiger partial charge in [0.05, 0.1) is 11.4 Å². The van der Waals surface area contributed by atoms with Gasteiger partial charge in [0, 0.05) is 18.7 Å². The Morgan fingerprint density at radius 1 is 1.28 bits per heavy atom. The molecule has 0 fully saturated rings. The summed E-state index contributed by atoms with van der Waals surface area (Å²) in [6.07, 6.45) is -2.70. The highest BCUT2D eigenvalue weighted by molar-refractivity contribution is 8.76. The molecule has 1 aliphatic heterocycles. The molecule has 1 heterocycles. The van der Waals surface area contributed by atoms with Gasteiger partial charge in [-0.05, 0) is 17.9 Å². The summed E-state index contributed by atoms with van der Waals surface area (Å²) in [7, 11) is 3.17. The highest BCUT2D eigenvalue weighted by Crippen LogP contribution is 2.36. The van der Waals surface area contributed by atoms with Crippen LogP contribution in [0.2, 0.25) is 0 Å². The van der Waals surface area contributed by atoms with Crippen LogP contribution in [0.25, 0.3) is 0 Å². The highest BCUT2D eigenvalue weighted by Gasteiger charge is 2.37. The van der Waals surface area contributed by atoms with Gasteiger partial charge < -0.3 is 0 Å². The van der Waals surface area contributed by atoms with Crippen molar-refractivity contribution in [2.45, 2.75) is 19.3 Å². The molecule has 2 rings (SSSR count). The van der Waals surface area contributed by atoms with Gasteiger partial charge in [0.25, 0.3) is 0 Å². The number of nitrogens with zero attached hydrogens (tertiary/aromatic N) is 1. The number of benzene rings is 1. The van der Waals surface area contributed by atoms with E-state index < -0.39 is 17.6 Å². The molecule has 1 nitrogen and oxygen atoms in total. The number of hydrogen-bond acceptors (Lipinski definition) is 3. The standard InChI is InChI=1S/C11H11F4NS2/c1-17-18-6-16-4-7-2-3-9(11(13,14)15)10(12)8(7)5-16/h2-3H,4-6H2,1H3. The average molecular weight is 297 g/mol. The van der Waals surface area contributed by atoms with E-state index >= 15 is 0 Å². The third-order valence-electron chi connectivity index (χ3n) is 2.77. The monoisotopic (exact) mass is 297 g/mol. The van der Waals surface area contributed by atoms with Crippen molar-refractivity contribution in [2.24, 2.45) is 0 Å². The third-order valence-corrected chi connectivity index (χ3v) is 4.50. The van der Waals surface area contributed by atoms with Crippen LogP contribution in [0.4, 0.5) is 17.6 Å². The summed E-state index contributed by atoms with van der Waals surface area (Å²) in [5.74, 6) is -0.437. The first-order valence-corrected chi connectivity index (χ1v) is 7.91. The molecule has 1 aliphatic rings. The molecular formula is C11H11F4NS2. The topological polar surface area (TPSA) is 3.24 Å². The van der Waals surface area contributed by atoms with Gasteiger partial charge >= 0.3 is 6.18 Å². The van der Waals surface area contributed by atoms with Crippen molar-refractivity contribution in [3.63, 3.8) is 0 Å². The van der Waals surface area contributed by atoms with Crippen LogP contribution < -0.4 is 0 Å². The van der Waals surface area contributed by atoms with E-state index in [1.807, 2.05) is 11.2 Å². The second-order valence-corrected chi connectivity index (χ2v) is 6.50. The molecule has 1 aromatic carbocycles. The van der Waals surface area contributed by atoms with Gasteiger partial charge in [0.15, 0.2) is 0 Å². The van der Waals surface area contributed by atoms with Crippen LogP contribution in [-0.4, -0.2) is 17.0 Å². The Morgan fingerprint density at radius 3 is 2.61 bits per heavy atom. The first-order chi connectivity index (χ1) is 8.43. The molecule has 0 N–H and O–H groups in total. The van der Waals surface area contributed by atoms with E-state index in [1.54, 1.807) is 21.6 Å². The smallest absolute Gasteiger partial charge is 0.285 e. The molecule has 0 unspecified atom stereocenters. The number of rotatable bonds is 3. The maximum atomic E-state index is 13.8. The predicted octanol–water partition coefficient (Wildman–Crippen LogP) is 4.13. The minimum Gasteiger partial charge on any atom is -0.285 e. The van der Waals surface area contributed by atoms with Crippen molar-refractivity contribution in [3.05, 3.63) is 34.6 Å². The van der Waals surface area contributed by atoms with Crippen LogP contribution in [0.1, 0.15) is 16.7 Å². The van der Waals surface area contributed by atoms with Crippen LogP contribution in [0.15, 0.2) is 12.1 Å². The van der Waals surface area contributed by atoms with Crippen LogP contribution in [-0.2, 0) is 19.3 Å². The summed E-state index contributed by atoms with van der Waals surface area (Å²) in [6.45, 7) is 0.761. The van der Waals surface area contributed by atoms with Crippen molar-refractivity contribution < 1.29 is 17.6 Å². The zero-order valence-corrected chi connectivity index (χ0v) is 11.2. The second kappa shape index (κ2) is 5.30. The number of hydrogen-bond donors (Lipinski definition) is 0. The van der Waals surface area contributed by atoms with E-state index in [-0.39, 0.29) is 12.1 Å². The summed E-state index contributed by atoms with van der Waals surface area (Å²) in [6, 6.07) is 2.21. The SMILES string of the molecule is CSSCN1Cc2ccc(C(F)(F)F)c(F)c2C1. The second-order valence-electron chi connectivity index (χ2n) is 3.96. The lowest BCUT2D eigenvalue weighted by atomic mass is 10.1. The van der Waals surface area contributed by atoms with Crippen LogP contribution >= 0.6 is 21.6 Å². The molecule has 1 aromatic rings. The Bertz CT molecular complexity index is 447. The van der Waals surface area contributed by atoms with Crippen LogP contribution in [0.5, 0.6) is 0 Å². The molecule has 7 heteroatoms. The zero-order chi connectivity index (χ0) is 13.3. The quantitative estimate of drug-likeness (QED) is 0.610. The molecule has 0 spiro atoms. The van der Waals surface area contributed by atoms with E-state index in [1.165, 1.54) is 6.07 Å². The maximum Gasteiger partial charge on any atom is 0.419 e. The molecule has 0 aliphatic carbocycles. The molecule has 0 aromatic heterocycles. The van der Waals surface area contributed by atoms with Crippen molar-refractivity contribution in [3.8, 4) is 0 Å². The normalized spacial score (nSPS) is 16.1. The van der Waals surface area contributed by atoms with E-state index in [9.17, 15) is 17.6 Å². The van der Waals surface area contributed by atoms with Gasteiger partial charge in [-0.25, -0.2) is 4.39 Å². The zero-order valence-electron chi connectivity index (χ0n) is 9.55. The van der Waals surface area contributed by atoms with E-state index in [2.05, 4.69) is 0 Å². The Labute approximate surface area is 110 Å². The van der Waals surface area contributed by atoms with Crippen molar-refractivity contribution >= 4 is 21.6 Å². The van der Waals surface area contributed by atoms with E-state index in [0.717, 1.165) is 6.07 Å². The fourth-order valence-electron chi connectivity index (χ4n) is 1.94. The summed E-state index contributed by atoms with van der Waals surface area (Å²) in [5.41, 5.74) is -0.325. The lowest BCUT2D eigenvalue weighted by Gasteiger charge is -2.12. The maximum absolute atomic E-state index is 13.8. The summed E-state index contributed by atoms with van der Waals surface area (Å²) in [5, 5.41) is 0. The molecule has 0 radical (unpaired) electrons. The van der Waals surface area contributed by atoms with Gasteiger partial charge in [0.1, 0.15) is 5.82 Å². The Kier molecular flexibility index (Phi) is 4.13. The summed E-state index contributed by atoms with van der Waals surface area (Å²) in [4.78, 5) is 1.93. The number of fused-ring (bicyclic) bond motifs is 1. The molecule has 0 bridgehead atoms. The molecule has 0 saturated carbocycles. The fraction of sp³-hybridized carbons (Fsp3) is 0.455. The first-order valence-electron chi connectivity index (χ1n) is 5.19. The molecule has 18 heavy (non-hydrogen) atoms.